The van der Waals surface area contributed by atoms with E-state index in [4.69, 9.17) is 5.73 Å². The van der Waals surface area contributed by atoms with Crippen LogP contribution < -0.4 is 11.1 Å². The lowest BCUT2D eigenvalue weighted by atomic mass is 10.0. The third-order valence-electron chi connectivity index (χ3n) is 4.39. The summed E-state index contributed by atoms with van der Waals surface area (Å²) in [7, 11) is 0. The summed E-state index contributed by atoms with van der Waals surface area (Å²) in [6.45, 7) is 3.87. The number of anilines is 1. The molecule has 0 fully saturated rings. The second kappa shape index (κ2) is 5.49. The molecule has 0 radical (unpaired) electrons. The van der Waals surface area contributed by atoms with Crippen LogP contribution in [0.2, 0.25) is 0 Å². The van der Waals surface area contributed by atoms with E-state index in [0.29, 0.717) is 11.6 Å². The average molecular weight is 284 g/mol. The van der Waals surface area contributed by atoms with E-state index in [1.807, 2.05) is 18.2 Å². The van der Waals surface area contributed by atoms with E-state index in [-0.39, 0.29) is 11.9 Å². The molecule has 1 aliphatic carbocycles. The summed E-state index contributed by atoms with van der Waals surface area (Å²) in [5.74, 6) is -0.138. The summed E-state index contributed by atoms with van der Waals surface area (Å²) < 4.78 is 13.7. The summed E-state index contributed by atoms with van der Waals surface area (Å²) in [5, 5.41) is 3.61. The number of nitrogen functional groups attached to an aromatic ring is 1. The van der Waals surface area contributed by atoms with Crippen molar-refractivity contribution in [1.82, 2.24) is 5.32 Å². The van der Waals surface area contributed by atoms with E-state index in [1.165, 1.54) is 11.1 Å². The molecule has 2 aromatic carbocycles. The number of aryl methyl sites for hydroxylation is 2. The van der Waals surface area contributed by atoms with Crippen molar-refractivity contribution in [3.05, 3.63) is 64.5 Å². The van der Waals surface area contributed by atoms with Gasteiger partial charge in [0, 0.05) is 17.8 Å². The fourth-order valence-corrected chi connectivity index (χ4v) is 3.09. The van der Waals surface area contributed by atoms with Crippen LogP contribution in [0.1, 0.15) is 47.7 Å². The monoisotopic (exact) mass is 284 g/mol. The Hall–Kier alpha value is -1.87. The molecule has 3 N–H and O–H groups in total. The molecule has 2 unspecified atom stereocenters. The molecule has 0 bridgehead atoms. The summed E-state index contributed by atoms with van der Waals surface area (Å²) >= 11 is 0. The molecule has 0 spiro atoms. The quantitative estimate of drug-likeness (QED) is 0.834. The number of hydrogen-bond donors (Lipinski definition) is 2. The molecule has 1 aliphatic rings. The SMILES string of the molecule is Cc1ccc(C(C)NC2CCc3cc(N)ccc32)cc1F. The Morgan fingerprint density at radius 2 is 2.05 bits per heavy atom. The van der Waals surface area contributed by atoms with Crippen LogP contribution in [0.3, 0.4) is 0 Å². The number of hydrogen-bond acceptors (Lipinski definition) is 2. The third-order valence-corrected chi connectivity index (χ3v) is 4.39. The number of nitrogens with one attached hydrogen (secondary N) is 1. The zero-order valence-corrected chi connectivity index (χ0v) is 12.5. The van der Waals surface area contributed by atoms with E-state index < -0.39 is 0 Å². The van der Waals surface area contributed by atoms with Gasteiger partial charge in [0.2, 0.25) is 0 Å². The summed E-state index contributed by atoms with van der Waals surface area (Å²) in [6.07, 6.45) is 2.12. The minimum absolute atomic E-state index is 0.119. The van der Waals surface area contributed by atoms with Crippen LogP contribution in [0.4, 0.5) is 10.1 Å². The fraction of sp³-hybridized carbons (Fsp3) is 0.333. The average Bonchev–Trinajstić information content (AvgIpc) is 2.84. The van der Waals surface area contributed by atoms with E-state index in [2.05, 4.69) is 24.4 Å². The molecule has 2 atom stereocenters. The molecule has 2 aromatic rings. The largest absolute Gasteiger partial charge is 0.399 e. The van der Waals surface area contributed by atoms with Gasteiger partial charge in [0.05, 0.1) is 0 Å². The van der Waals surface area contributed by atoms with Crippen LogP contribution in [0, 0.1) is 12.7 Å². The van der Waals surface area contributed by atoms with Crippen molar-refractivity contribution in [2.75, 3.05) is 5.73 Å². The molecule has 110 valence electrons. The molecule has 3 heteroatoms. The normalized spacial score (nSPS) is 18.5. The first-order valence-electron chi connectivity index (χ1n) is 7.45. The summed E-state index contributed by atoms with van der Waals surface area (Å²) in [6, 6.07) is 12.0. The highest BCUT2D eigenvalue weighted by Crippen LogP contribution is 2.34. The second-order valence-electron chi connectivity index (χ2n) is 5.95. The Bertz CT molecular complexity index is 666. The lowest BCUT2D eigenvalue weighted by molar-refractivity contribution is 0.463. The Labute approximate surface area is 125 Å². The summed E-state index contributed by atoms with van der Waals surface area (Å²) in [4.78, 5) is 0. The topological polar surface area (TPSA) is 38.0 Å². The van der Waals surface area contributed by atoms with Crippen LogP contribution >= 0.6 is 0 Å². The summed E-state index contributed by atoms with van der Waals surface area (Å²) in [5.41, 5.74) is 11.0. The standard InChI is InChI=1S/C18H21FN2/c1-11-3-4-13(10-17(11)19)12(2)21-18-8-5-14-9-15(20)6-7-16(14)18/h3-4,6-7,9-10,12,18,21H,5,8,20H2,1-2H3. The number of fused-ring (bicyclic) bond motifs is 1. The lowest BCUT2D eigenvalue weighted by Crippen LogP contribution is -2.23. The lowest BCUT2D eigenvalue weighted by Gasteiger charge is -2.21. The predicted octanol–water partition coefficient (Wildman–Crippen LogP) is 4.05. The zero-order chi connectivity index (χ0) is 15.0. The maximum absolute atomic E-state index is 13.7. The van der Waals surface area contributed by atoms with Crippen LogP contribution in [-0.4, -0.2) is 0 Å². The highest BCUT2D eigenvalue weighted by molar-refractivity contribution is 5.47. The van der Waals surface area contributed by atoms with Gasteiger partial charge >= 0.3 is 0 Å². The van der Waals surface area contributed by atoms with Crippen molar-refractivity contribution in [2.45, 2.75) is 38.8 Å². The molecule has 0 aliphatic heterocycles. The van der Waals surface area contributed by atoms with Gasteiger partial charge in [0.1, 0.15) is 5.82 Å². The highest BCUT2D eigenvalue weighted by atomic mass is 19.1. The predicted molar refractivity (Wildman–Crippen MR) is 84.6 cm³/mol. The van der Waals surface area contributed by atoms with Crippen molar-refractivity contribution >= 4 is 5.69 Å². The maximum atomic E-state index is 13.7. The molecule has 0 heterocycles. The molecule has 0 aromatic heterocycles. The maximum Gasteiger partial charge on any atom is 0.126 e. The first kappa shape index (κ1) is 14.1. The smallest absolute Gasteiger partial charge is 0.126 e. The first-order chi connectivity index (χ1) is 10.0. The van der Waals surface area contributed by atoms with Crippen molar-refractivity contribution < 1.29 is 4.39 Å². The van der Waals surface area contributed by atoms with E-state index in [1.54, 1.807) is 13.0 Å². The molecule has 0 saturated heterocycles. The Morgan fingerprint density at radius 1 is 1.24 bits per heavy atom. The van der Waals surface area contributed by atoms with Crippen molar-refractivity contribution in [3.8, 4) is 0 Å². The van der Waals surface area contributed by atoms with Crippen LogP contribution in [0.25, 0.3) is 0 Å². The van der Waals surface area contributed by atoms with Gasteiger partial charge in [-0.2, -0.15) is 0 Å². The number of benzene rings is 2. The van der Waals surface area contributed by atoms with Crippen molar-refractivity contribution in [2.24, 2.45) is 0 Å². The zero-order valence-electron chi connectivity index (χ0n) is 12.5. The van der Waals surface area contributed by atoms with Gasteiger partial charge in [-0.1, -0.05) is 18.2 Å². The highest BCUT2D eigenvalue weighted by Gasteiger charge is 2.24. The van der Waals surface area contributed by atoms with Crippen LogP contribution in [0.15, 0.2) is 36.4 Å². The van der Waals surface area contributed by atoms with Crippen LogP contribution in [-0.2, 0) is 6.42 Å². The molecule has 2 nitrogen and oxygen atoms in total. The van der Waals surface area contributed by atoms with Crippen LogP contribution in [0.5, 0.6) is 0 Å². The molecule has 3 rings (SSSR count). The number of rotatable bonds is 3. The number of halogens is 1. The third kappa shape index (κ3) is 2.79. The van der Waals surface area contributed by atoms with Gasteiger partial charge < -0.3 is 11.1 Å². The van der Waals surface area contributed by atoms with Gasteiger partial charge in [-0.15, -0.1) is 0 Å². The van der Waals surface area contributed by atoms with Crippen molar-refractivity contribution in [3.63, 3.8) is 0 Å². The van der Waals surface area contributed by atoms with Crippen molar-refractivity contribution in [1.29, 1.82) is 0 Å². The van der Waals surface area contributed by atoms with Gasteiger partial charge in [-0.05, 0) is 67.1 Å². The second-order valence-corrected chi connectivity index (χ2v) is 5.95. The van der Waals surface area contributed by atoms with Gasteiger partial charge in [-0.25, -0.2) is 4.39 Å². The van der Waals surface area contributed by atoms with E-state index in [0.717, 1.165) is 24.1 Å². The van der Waals surface area contributed by atoms with E-state index >= 15 is 0 Å². The molecular weight excluding hydrogens is 263 g/mol. The van der Waals surface area contributed by atoms with Gasteiger partial charge in [0.15, 0.2) is 0 Å². The molecule has 0 saturated carbocycles. The number of nitrogens with two attached hydrogens (primary N) is 1. The Kier molecular flexibility index (Phi) is 3.68. The fourth-order valence-electron chi connectivity index (χ4n) is 3.09. The molecule has 0 amide bonds. The minimum atomic E-state index is -0.138. The molecule has 21 heavy (non-hydrogen) atoms. The van der Waals surface area contributed by atoms with Gasteiger partial charge in [-0.3, -0.25) is 0 Å². The Morgan fingerprint density at radius 3 is 2.81 bits per heavy atom. The Balaban J connectivity index is 1.77. The van der Waals surface area contributed by atoms with E-state index in [9.17, 15) is 4.39 Å². The first-order valence-corrected chi connectivity index (χ1v) is 7.45. The minimum Gasteiger partial charge on any atom is -0.399 e. The molecular formula is C18H21FN2. The van der Waals surface area contributed by atoms with Gasteiger partial charge in [0.25, 0.3) is 0 Å².